The fourth-order valence-corrected chi connectivity index (χ4v) is 1.51. The Labute approximate surface area is 101 Å². The SMILES string of the molecule is C/C(=N\O[Si](C)(C)C)c1cccc([N+](=O)[O-])c1. The van der Waals surface area contributed by atoms with E-state index in [-0.39, 0.29) is 5.69 Å². The molecule has 0 aliphatic carbocycles. The van der Waals surface area contributed by atoms with E-state index in [4.69, 9.17) is 4.53 Å². The Balaban J connectivity index is 2.92. The van der Waals surface area contributed by atoms with E-state index in [0.717, 1.165) is 0 Å². The largest absolute Gasteiger partial charge is 0.455 e. The molecule has 0 aliphatic rings. The number of hydrogen-bond acceptors (Lipinski definition) is 4. The van der Waals surface area contributed by atoms with Crippen LogP contribution < -0.4 is 0 Å². The van der Waals surface area contributed by atoms with Crippen LogP contribution in [-0.4, -0.2) is 19.0 Å². The second kappa shape index (κ2) is 5.09. The Bertz CT molecular complexity index is 452. The summed E-state index contributed by atoms with van der Waals surface area (Å²) in [6, 6.07) is 6.36. The summed E-state index contributed by atoms with van der Waals surface area (Å²) in [6.45, 7) is 7.85. The summed E-state index contributed by atoms with van der Waals surface area (Å²) < 4.78 is 5.40. The van der Waals surface area contributed by atoms with Gasteiger partial charge in [0.15, 0.2) is 0 Å². The highest BCUT2D eigenvalue weighted by atomic mass is 28.4. The summed E-state index contributed by atoms with van der Waals surface area (Å²) in [5.41, 5.74) is 1.42. The Morgan fingerprint density at radius 1 is 1.41 bits per heavy atom. The van der Waals surface area contributed by atoms with Crippen LogP contribution in [0.3, 0.4) is 0 Å². The molecular weight excluding hydrogens is 236 g/mol. The Kier molecular flexibility index (Phi) is 4.00. The molecule has 0 N–H and O–H groups in total. The quantitative estimate of drug-likeness (QED) is 0.358. The average molecular weight is 252 g/mol. The fraction of sp³-hybridized carbons (Fsp3) is 0.364. The van der Waals surface area contributed by atoms with Gasteiger partial charge in [0.25, 0.3) is 14.0 Å². The van der Waals surface area contributed by atoms with Gasteiger partial charge in [-0.3, -0.25) is 10.1 Å². The second-order valence-electron chi connectivity index (χ2n) is 4.69. The first-order chi connectivity index (χ1) is 7.79. The molecule has 0 amide bonds. The molecule has 0 unspecified atom stereocenters. The minimum absolute atomic E-state index is 0.0602. The molecule has 0 aromatic heterocycles. The van der Waals surface area contributed by atoms with Crippen molar-refractivity contribution in [2.24, 2.45) is 5.16 Å². The first-order valence-electron chi connectivity index (χ1n) is 5.27. The smallest absolute Gasteiger partial charge is 0.278 e. The number of nitro groups is 1. The van der Waals surface area contributed by atoms with Crippen LogP contribution in [0, 0.1) is 10.1 Å². The Hall–Kier alpha value is -1.69. The molecule has 1 rings (SSSR count). The normalized spacial score (nSPS) is 12.4. The fourth-order valence-electron chi connectivity index (χ4n) is 1.10. The summed E-state index contributed by atoms with van der Waals surface area (Å²) >= 11 is 0. The molecule has 0 fully saturated rings. The van der Waals surface area contributed by atoms with Crippen LogP contribution in [0.1, 0.15) is 12.5 Å². The van der Waals surface area contributed by atoms with Crippen molar-refractivity contribution in [2.45, 2.75) is 26.6 Å². The van der Waals surface area contributed by atoms with Crippen LogP contribution in [0.15, 0.2) is 29.4 Å². The molecule has 0 radical (unpaired) electrons. The highest BCUT2D eigenvalue weighted by molar-refractivity contribution is 6.69. The first-order valence-corrected chi connectivity index (χ1v) is 8.68. The number of nitro benzene ring substituents is 1. The number of rotatable bonds is 4. The lowest BCUT2D eigenvalue weighted by molar-refractivity contribution is -0.384. The van der Waals surface area contributed by atoms with Crippen molar-refractivity contribution in [3.05, 3.63) is 39.9 Å². The summed E-state index contributed by atoms with van der Waals surface area (Å²) in [4.78, 5) is 10.2. The van der Waals surface area contributed by atoms with Crippen LogP contribution in [0.5, 0.6) is 0 Å². The maximum absolute atomic E-state index is 10.6. The van der Waals surface area contributed by atoms with Crippen LogP contribution >= 0.6 is 0 Å². The van der Waals surface area contributed by atoms with Crippen molar-refractivity contribution in [1.82, 2.24) is 0 Å². The van der Waals surface area contributed by atoms with Crippen LogP contribution in [0.25, 0.3) is 0 Å². The van der Waals surface area contributed by atoms with Gasteiger partial charge in [-0.05, 0) is 26.6 Å². The van der Waals surface area contributed by atoms with Crippen molar-refractivity contribution >= 4 is 19.7 Å². The lowest BCUT2D eigenvalue weighted by Gasteiger charge is -2.13. The zero-order chi connectivity index (χ0) is 13.1. The zero-order valence-electron chi connectivity index (χ0n) is 10.4. The predicted octanol–water partition coefficient (Wildman–Crippen LogP) is 3.17. The van der Waals surface area contributed by atoms with Crippen molar-refractivity contribution in [3.63, 3.8) is 0 Å². The van der Waals surface area contributed by atoms with Gasteiger partial charge in [-0.2, -0.15) is 0 Å². The number of oxime groups is 1. The maximum atomic E-state index is 10.6. The monoisotopic (exact) mass is 252 g/mol. The van der Waals surface area contributed by atoms with Gasteiger partial charge in [0, 0.05) is 17.7 Å². The highest BCUT2D eigenvalue weighted by Gasteiger charge is 2.16. The van der Waals surface area contributed by atoms with Crippen molar-refractivity contribution < 1.29 is 9.45 Å². The van der Waals surface area contributed by atoms with Gasteiger partial charge in [0.05, 0.1) is 10.6 Å². The van der Waals surface area contributed by atoms with E-state index in [2.05, 4.69) is 5.16 Å². The predicted molar refractivity (Wildman–Crippen MR) is 69.7 cm³/mol. The van der Waals surface area contributed by atoms with E-state index in [1.165, 1.54) is 12.1 Å². The van der Waals surface area contributed by atoms with Gasteiger partial charge in [-0.25, -0.2) is 0 Å². The zero-order valence-corrected chi connectivity index (χ0v) is 11.4. The van der Waals surface area contributed by atoms with Crippen LogP contribution in [0.2, 0.25) is 19.6 Å². The van der Waals surface area contributed by atoms with Gasteiger partial charge < -0.3 is 4.53 Å². The molecule has 0 spiro atoms. The first kappa shape index (κ1) is 13.4. The summed E-state index contributed by atoms with van der Waals surface area (Å²) in [6.07, 6.45) is 0. The van der Waals surface area contributed by atoms with Crippen molar-refractivity contribution in [1.29, 1.82) is 0 Å². The molecule has 17 heavy (non-hydrogen) atoms. The summed E-state index contributed by atoms with van der Waals surface area (Å²) in [7, 11) is -1.71. The van der Waals surface area contributed by atoms with Crippen LogP contribution in [-0.2, 0) is 4.53 Å². The lowest BCUT2D eigenvalue weighted by Crippen LogP contribution is -2.22. The van der Waals surface area contributed by atoms with Gasteiger partial charge in [-0.1, -0.05) is 12.1 Å². The van der Waals surface area contributed by atoms with E-state index in [0.29, 0.717) is 11.3 Å². The minimum Gasteiger partial charge on any atom is -0.455 e. The van der Waals surface area contributed by atoms with Gasteiger partial charge in [0.2, 0.25) is 0 Å². The highest BCUT2D eigenvalue weighted by Crippen LogP contribution is 2.14. The van der Waals surface area contributed by atoms with Crippen LogP contribution in [0.4, 0.5) is 5.69 Å². The van der Waals surface area contributed by atoms with Crippen molar-refractivity contribution in [2.75, 3.05) is 0 Å². The maximum Gasteiger partial charge on any atom is 0.278 e. The molecule has 0 saturated heterocycles. The van der Waals surface area contributed by atoms with E-state index in [1.54, 1.807) is 19.1 Å². The van der Waals surface area contributed by atoms with Crippen molar-refractivity contribution in [3.8, 4) is 0 Å². The third kappa shape index (κ3) is 4.35. The standard InChI is InChI=1S/C11H16N2O3Si/c1-9(12-16-17(2,3)4)10-6-5-7-11(8-10)13(14)15/h5-8H,1-4H3/b12-9+. The third-order valence-electron chi connectivity index (χ3n) is 1.93. The van der Waals surface area contributed by atoms with Gasteiger partial charge in [-0.15, -0.1) is 5.16 Å². The van der Waals surface area contributed by atoms with E-state index in [9.17, 15) is 10.1 Å². The summed E-state index contributed by atoms with van der Waals surface area (Å²) in [5, 5.41) is 14.7. The average Bonchev–Trinajstić information content (AvgIpc) is 2.25. The van der Waals surface area contributed by atoms with E-state index in [1.807, 2.05) is 19.6 Å². The van der Waals surface area contributed by atoms with Gasteiger partial charge >= 0.3 is 0 Å². The molecule has 0 aliphatic heterocycles. The second-order valence-corrected chi connectivity index (χ2v) is 9.10. The Morgan fingerprint density at radius 2 is 2.06 bits per heavy atom. The third-order valence-corrected chi connectivity index (χ3v) is 2.57. The van der Waals surface area contributed by atoms with E-state index >= 15 is 0 Å². The molecule has 0 heterocycles. The molecule has 0 saturated carbocycles. The lowest BCUT2D eigenvalue weighted by atomic mass is 10.1. The number of nitrogens with zero attached hydrogens (tertiary/aromatic N) is 2. The number of benzene rings is 1. The molecule has 0 bridgehead atoms. The molecule has 1 aromatic carbocycles. The molecule has 5 nitrogen and oxygen atoms in total. The Morgan fingerprint density at radius 3 is 2.59 bits per heavy atom. The molecule has 6 heteroatoms. The molecule has 92 valence electrons. The number of non-ortho nitro benzene ring substituents is 1. The minimum atomic E-state index is -1.71. The topological polar surface area (TPSA) is 64.7 Å². The number of hydrogen-bond donors (Lipinski definition) is 0. The molecular formula is C11H16N2O3Si. The molecule has 0 atom stereocenters. The van der Waals surface area contributed by atoms with E-state index < -0.39 is 13.2 Å². The molecule has 1 aromatic rings. The van der Waals surface area contributed by atoms with Gasteiger partial charge in [0.1, 0.15) is 0 Å². The summed E-state index contributed by atoms with van der Waals surface area (Å²) in [5.74, 6) is 0.